The molecule has 4 fully saturated rings. The maximum atomic E-state index is 11.5. The fraction of sp³-hybridized carbons (Fsp3) is 0.950. The number of carbonyl (C=O) groups is 1. The topological polar surface area (TPSA) is 17.1 Å². The number of aldehydes is 1. The third kappa shape index (κ3) is 2.05. The molecule has 0 amide bonds. The molecule has 0 spiro atoms. The Morgan fingerprint density at radius 1 is 0.905 bits per heavy atom. The van der Waals surface area contributed by atoms with Gasteiger partial charge in [0.15, 0.2) is 0 Å². The molecular formula is C20H32O. The van der Waals surface area contributed by atoms with Crippen LogP contribution >= 0.6 is 0 Å². The highest BCUT2D eigenvalue weighted by Gasteiger charge is 2.56. The van der Waals surface area contributed by atoms with Crippen LogP contribution in [0.25, 0.3) is 0 Å². The molecule has 4 aliphatic rings. The van der Waals surface area contributed by atoms with Gasteiger partial charge in [-0.25, -0.2) is 0 Å². The monoisotopic (exact) mass is 288 g/mol. The van der Waals surface area contributed by atoms with Gasteiger partial charge < -0.3 is 4.79 Å². The van der Waals surface area contributed by atoms with E-state index in [1.807, 2.05) is 0 Å². The van der Waals surface area contributed by atoms with E-state index in [4.69, 9.17) is 0 Å². The van der Waals surface area contributed by atoms with Crippen LogP contribution in [0.4, 0.5) is 0 Å². The lowest BCUT2D eigenvalue weighted by molar-refractivity contribution is -0.118. The number of hydrogen-bond donors (Lipinski definition) is 0. The van der Waals surface area contributed by atoms with Gasteiger partial charge in [0.2, 0.25) is 0 Å². The second kappa shape index (κ2) is 5.10. The molecule has 118 valence electrons. The lowest BCUT2D eigenvalue weighted by Gasteiger charge is -2.56. The first kappa shape index (κ1) is 14.3. The van der Waals surface area contributed by atoms with Crippen molar-refractivity contribution in [3.63, 3.8) is 0 Å². The Balaban J connectivity index is 1.56. The van der Waals surface area contributed by atoms with Crippen LogP contribution in [0.5, 0.6) is 0 Å². The zero-order chi connectivity index (χ0) is 14.6. The van der Waals surface area contributed by atoms with E-state index in [2.05, 4.69) is 13.8 Å². The third-order valence-electron chi connectivity index (χ3n) is 8.45. The molecular weight excluding hydrogens is 256 g/mol. The van der Waals surface area contributed by atoms with E-state index in [9.17, 15) is 4.79 Å². The number of carbonyl (C=O) groups excluding carboxylic acids is 1. The van der Waals surface area contributed by atoms with Crippen molar-refractivity contribution < 1.29 is 4.79 Å². The molecule has 0 heterocycles. The molecule has 0 saturated heterocycles. The van der Waals surface area contributed by atoms with Crippen molar-refractivity contribution in [1.29, 1.82) is 0 Å². The minimum absolute atomic E-state index is 0.359. The molecule has 0 aromatic rings. The second-order valence-electron chi connectivity index (χ2n) is 9.22. The first-order valence-electron chi connectivity index (χ1n) is 9.58. The van der Waals surface area contributed by atoms with Crippen molar-refractivity contribution in [2.24, 2.45) is 46.8 Å². The summed E-state index contributed by atoms with van der Waals surface area (Å²) < 4.78 is 0. The molecule has 0 aromatic carbocycles. The highest BCUT2D eigenvalue weighted by molar-refractivity contribution is 5.56. The summed E-state index contributed by atoms with van der Waals surface area (Å²) in [4.78, 5) is 11.5. The zero-order valence-electron chi connectivity index (χ0n) is 13.9. The zero-order valence-corrected chi connectivity index (χ0v) is 13.9. The fourth-order valence-electron chi connectivity index (χ4n) is 7.35. The van der Waals surface area contributed by atoms with Gasteiger partial charge in [0.1, 0.15) is 6.29 Å². The highest BCUT2D eigenvalue weighted by atomic mass is 16.1. The maximum Gasteiger partial charge on any atom is 0.123 e. The number of fused-ring (bicyclic) bond motifs is 5. The van der Waals surface area contributed by atoms with Gasteiger partial charge in [-0.05, 0) is 92.3 Å². The molecule has 1 nitrogen and oxygen atoms in total. The molecule has 4 saturated carbocycles. The van der Waals surface area contributed by atoms with E-state index in [0.717, 1.165) is 35.5 Å². The quantitative estimate of drug-likeness (QED) is 0.614. The average Bonchev–Trinajstić information content (AvgIpc) is 2.83. The van der Waals surface area contributed by atoms with E-state index < -0.39 is 0 Å². The summed E-state index contributed by atoms with van der Waals surface area (Å²) in [5.41, 5.74) is 0.359. The largest absolute Gasteiger partial charge is 0.303 e. The summed E-state index contributed by atoms with van der Waals surface area (Å²) in [6, 6.07) is 0. The Morgan fingerprint density at radius 2 is 1.71 bits per heavy atom. The minimum atomic E-state index is 0.359. The van der Waals surface area contributed by atoms with Crippen molar-refractivity contribution in [3.8, 4) is 0 Å². The molecule has 0 bridgehead atoms. The van der Waals surface area contributed by atoms with Crippen LogP contribution in [0.3, 0.4) is 0 Å². The molecule has 8 unspecified atom stereocenters. The number of rotatable bonds is 1. The standard InChI is InChI=1S/C20H32O/c1-13-3-6-16-14(11-13)4-7-18-17(16)9-10-20(2)15(12-21)5-8-19(18)20/h12-19H,3-11H2,1-2H3. The predicted molar refractivity (Wildman–Crippen MR) is 85.8 cm³/mol. The summed E-state index contributed by atoms with van der Waals surface area (Å²) in [5.74, 6) is 6.27. The average molecular weight is 288 g/mol. The molecule has 21 heavy (non-hydrogen) atoms. The van der Waals surface area contributed by atoms with Gasteiger partial charge in [-0.1, -0.05) is 20.3 Å². The van der Waals surface area contributed by atoms with Crippen LogP contribution in [-0.4, -0.2) is 6.29 Å². The Hall–Kier alpha value is -0.330. The Kier molecular flexibility index (Phi) is 3.47. The molecule has 4 aliphatic carbocycles. The van der Waals surface area contributed by atoms with Crippen molar-refractivity contribution in [2.45, 2.75) is 71.6 Å². The first-order valence-corrected chi connectivity index (χ1v) is 9.58. The minimum Gasteiger partial charge on any atom is -0.303 e. The van der Waals surface area contributed by atoms with Gasteiger partial charge in [-0.3, -0.25) is 0 Å². The summed E-state index contributed by atoms with van der Waals surface area (Å²) >= 11 is 0. The van der Waals surface area contributed by atoms with E-state index >= 15 is 0 Å². The van der Waals surface area contributed by atoms with Crippen molar-refractivity contribution in [3.05, 3.63) is 0 Å². The van der Waals surface area contributed by atoms with Crippen molar-refractivity contribution >= 4 is 6.29 Å². The molecule has 8 atom stereocenters. The lowest BCUT2D eigenvalue weighted by Crippen LogP contribution is -2.48. The summed E-state index contributed by atoms with van der Waals surface area (Å²) in [6.07, 6.45) is 14.0. The summed E-state index contributed by atoms with van der Waals surface area (Å²) in [6.45, 7) is 4.92. The second-order valence-corrected chi connectivity index (χ2v) is 9.22. The Labute approximate surface area is 130 Å². The van der Waals surface area contributed by atoms with E-state index in [1.54, 1.807) is 0 Å². The summed E-state index contributed by atoms with van der Waals surface area (Å²) in [7, 11) is 0. The smallest absolute Gasteiger partial charge is 0.123 e. The van der Waals surface area contributed by atoms with Crippen LogP contribution in [0.1, 0.15) is 71.6 Å². The van der Waals surface area contributed by atoms with Gasteiger partial charge in [-0.2, -0.15) is 0 Å². The van der Waals surface area contributed by atoms with Crippen LogP contribution < -0.4 is 0 Å². The van der Waals surface area contributed by atoms with E-state index in [1.165, 1.54) is 64.1 Å². The van der Waals surface area contributed by atoms with E-state index in [-0.39, 0.29) is 0 Å². The molecule has 0 aliphatic heterocycles. The van der Waals surface area contributed by atoms with Gasteiger partial charge in [0, 0.05) is 5.92 Å². The highest BCUT2D eigenvalue weighted by Crippen LogP contribution is 2.63. The molecule has 0 aromatic heterocycles. The van der Waals surface area contributed by atoms with Crippen molar-refractivity contribution in [1.82, 2.24) is 0 Å². The number of hydrogen-bond acceptors (Lipinski definition) is 1. The first-order chi connectivity index (χ1) is 10.1. The van der Waals surface area contributed by atoms with Gasteiger partial charge in [-0.15, -0.1) is 0 Å². The maximum absolute atomic E-state index is 11.5. The van der Waals surface area contributed by atoms with Crippen LogP contribution in [0.2, 0.25) is 0 Å². The van der Waals surface area contributed by atoms with Crippen LogP contribution in [0, 0.1) is 46.8 Å². The predicted octanol–water partition coefficient (Wildman–Crippen LogP) is 5.09. The normalized spacial score (nSPS) is 56.2. The van der Waals surface area contributed by atoms with Gasteiger partial charge in [0.25, 0.3) is 0 Å². The fourth-order valence-corrected chi connectivity index (χ4v) is 7.35. The molecule has 1 heteroatoms. The summed E-state index contributed by atoms with van der Waals surface area (Å²) in [5, 5.41) is 0. The third-order valence-corrected chi connectivity index (χ3v) is 8.45. The van der Waals surface area contributed by atoms with E-state index in [0.29, 0.717) is 11.3 Å². The van der Waals surface area contributed by atoms with Crippen molar-refractivity contribution in [2.75, 3.05) is 0 Å². The Bertz CT molecular complexity index is 416. The molecule has 4 rings (SSSR count). The Morgan fingerprint density at radius 3 is 2.52 bits per heavy atom. The SMILES string of the molecule is CC1CCC2C(CCC3C2CCC2(C)C(C=O)CCC32)C1. The van der Waals surface area contributed by atoms with Gasteiger partial charge >= 0.3 is 0 Å². The lowest BCUT2D eigenvalue weighted by atomic mass is 9.49. The molecule has 0 N–H and O–H groups in total. The molecule has 0 radical (unpaired) electrons. The van der Waals surface area contributed by atoms with Crippen LogP contribution in [-0.2, 0) is 4.79 Å². The van der Waals surface area contributed by atoms with Crippen LogP contribution in [0.15, 0.2) is 0 Å². The van der Waals surface area contributed by atoms with Gasteiger partial charge in [0.05, 0.1) is 0 Å².